The standard InChI is InChI=1S/C27H24F4N4O2/c28-22-10-6-20(7-11-22)16-35(15-19-4-8-21(9-5-19)27(29,30)31)17-25-34-24(18-37-25)26(36)33-14-12-23-3-1-2-13-32-23/h1-11,13,18H,12,14-17H2,(H,33,36). The Bertz CT molecular complexity index is 1290. The molecule has 1 amide bonds. The van der Waals surface area contributed by atoms with E-state index in [4.69, 9.17) is 4.42 Å². The topological polar surface area (TPSA) is 71.3 Å². The fraction of sp³-hybridized carbons (Fsp3) is 0.222. The summed E-state index contributed by atoms with van der Waals surface area (Å²) < 4.78 is 57.6. The predicted molar refractivity (Wildman–Crippen MR) is 128 cm³/mol. The first-order valence-corrected chi connectivity index (χ1v) is 11.5. The van der Waals surface area contributed by atoms with Crippen LogP contribution in [0.3, 0.4) is 0 Å². The Morgan fingerprint density at radius 2 is 1.59 bits per heavy atom. The molecule has 37 heavy (non-hydrogen) atoms. The summed E-state index contributed by atoms with van der Waals surface area (Å²) in [6.45, 7) is 1.20. The number of halogens is 4. The van der Waals surface area contributed by atoms with Gasteiger partial charge in [-0.15, -0.1) is 0 Å². The van der Waals surface area contributed by atoms with Crippen molar-refractivity contribution in [3.8, 4) is 0 Å². The van der Waals surface area contributed by atoms with E-state index >= 15 is 0 Å². The minimum atomic E-state index is -4.42. The third-order valence-corrected chi connectivity index (χ3v) is 5.54. The number of nitrogens with zero attached hydrogens (tertiary/aromatic N) is 3. The number of nitrogens with one attached hydrogen (secondary N) is 1. The van der Waals surface area contributed by atoms with Gasteiger partial charge in [0.25, 0.3) is 5.91 Å². The molecule has 0 spiro atoms. The molecule has 192 valence electrons. The van der Waals surface area contributed by atoms with Gasteiger partial charge in [0.15, 0.2) is 5.69 Å². The second kappa shape index (κ2) is 11.8. The van der Waals surface area contributed by atoms with Gasteiger partial charge in [-0.1, -0.05) is 30.3 Å². The average Bonchev–Trinajstić information content (AvgIpc) is 3.34. The van der Waals surface area contributed by atoms with Gasteiger partial charge < -0.3 is 9.73 Å². The molecule has 4 rings (SSSR count). The molecule has 6 nitrogen and oxygen atoms in total. The molecule has 0 saturated heterocycles. The van der Waals surface area contributed by atoms with Crippen molar-refractivity contribution in [2.45, 2.75) is 32.2 Å². The number of hydrogen-bond donors (Lipinski definition) is 1. The summed E-state index contributed by atoms with van der Waals surface area (Å²) in [6.07, 6.45) is -0.905. The van der Waals surface area contributed by atoms with Crippen LogP contribution in [0, 0.1) is 5.82 Å². The zero-order valence-corrected chi connectivity index (χ0v) is 19.7. The van der Waals surface area contributed by atoms with Crippen molar-refractivity contribution in [3.05, 3.63) is 119 Å². The van der Waals surface area contributed by atoms with Crippen molar-refractivity contribution in [2.24, 2.45) is 0 Å². The summed E-state index contributed by atoms with van der Waals surface area (Å²) in [5, 5.41) is 2.77. The summed E-state index contributed by atoms with van der Waals surface area (Å²) in [5.74, 6) is -0.493. The molecule has 0 aliphatic carbocycles. The Labute approximate surface area is 211 Å². The molecule has 0 saturated carbocycles. The molecular weight excluding hydrogens is 488 g/mol. The summed E-state index contributed by atoms with van der Waals surface area (Å²) in [7, 11) is 0. The molecule has 10 heteroatoms. The highest BCUT2D eigenvalue weighted by Crippen LogP contribution is 2.29. The lowest BCUT2D eigenvalue weighted by Crippen LogP contribution is -2.26. The largest absolute Gasteiger partial charge is 0.447 e. The molecule has 2 heterocycles. The van der Waals surface area contributed by atoms with Crippen LogP contribution < -0.4 is 5.32 Å². The van der Waals surface area contributed by atoms with Gasteiger partial charge in [0, 0.05) is 37.9 Å². The molecule has 0 radical (unpaired) electrons. The van der Waals surface area contributed by atoms with Gasteiger partial charge in [-0.2, -0.15) is 13.2 Å². The van der Waals surface area contributed by atoms with Gasteiger partial charge in [0.05, 0.1) is 12.1 Å². The number of pyridine rings is 1. The highest BCUT2D eigenvalue weighted by Gasteiger charge is 2.30. The second-order valence-electron chi connectivity index (χ2n) is 8.42. The Balaban J connectivity index is 1.41. The average molecular weight is 513 g/mol. The van der Waals surface area contributed by atoms with Crippen LogP contribution in [0.4, 0.5) is 17.6 Å². The molecule has 0 aliphatic rings. The van der Waals surface area contributed by atoms with Crippen LogP contribution in [-0.2, 0) is 32.2 Å². The smallest absolute Gasteiger partial charge is 0.416 e. The molecule has 0 atom stereocenters. The summed E-state index contributed by atoms with van der Waals surface area (Å²) in [5.41, 5.74) is 1.69. The van der Waals surface area contributed by atoms with Crippen molar-refractivity contribution in [3.63, 3.8) is 0 Å². The molecule has 0 unspecified atom stereocenters. The molecule has 2 aromatic carbocycles. The Morgan fingerprint density at radius 1 is 0.919 bits per heavy atom. The van der Waals surface area contributed by atoms with E-state index in [1.54, 1.807) is 18.3 Å². The lowest BCUT2D eigenvalue weighted by atomic mass is 10.1. The summed E-state index contributed by atoms with van der Waals surface area (Å²) >= 11 is 0. The second-order valence-corrected chi connectivity index (χ2v) is 8.42. The van der Waals surface area contributed by atoms with Gasteiger partial charge in [-0.25, -0.2) is 9.37 Å². The summed E-state index contributed by atoms with van der Waals surface area (Å²) in [4.78, 5) is 22.8. The number of oxazole rings is 1. The number of carbonyl (C=O) groups excluding carboxylic acids is 1. The molecule has 0 bridgehead atoms. The maximum atomic E-state index is 13.3. The zero-order chi connectivity index (χ0) is 26.3. The molecule has 0 fully saturated rings. The van der Waals surface area contributed by atoms with Crippen LogP contribution in [0.1, 0.15) is 38.8 Å². The van der Waals surface area contributed by atoms with Crippen LogP contribution in [0.2, 0.25) is 0 Å². The number of hydrogen-bond acceptors (Lipinski definition) is 5. The zero-order valence-electron chi connectivity index (χ0n) is 19.7. The van der Waals surface area contributed by atoms with E-state index in [2.05, 4.69) is 15.3 Å². The van der Waals surface area contributed by atoms with E-state index in [9.17, 15) is 22.4 Å². The number of carbonyl (C=O) groups is 1. The maximum absolute atomic E-state index is 13.3. The van der Waals surface area contributed by atoms with Crippen molar-refractivity contribution in [1.82, 2.24) is 20.2 Å². The number of alkyl halides is 3. The molecule has 0 aliphatic heterocycles. The van der Waals surface area contributed by atoms with Crippen LogP contribution in [0.25, 0.3) is 0 Å². The quantitative estimate of drug-likeness (QED) is 0.288. The minimum absolute atomic E-state index is 0.118. The third-order valence-electron chi connectivity index (χ3n) is 5.54. The number of rotatable bonds is 10. The molecule has 1 N–H and O–H groups in total. The Morgan fingerprint density at radius 3 is 2.22 bits per heavy atom. The number of amides is 1. The normalized spacial score (nSPS) is 11.6. The van der Waals surface area contributed by atoms with Crippen molar-refractivity contribution < 1.29 is 26.8 Å². The lowest BCUT2D eigenvalue weighted by Gasteiger charge is -2.21. The van der Waals surface area contributed by atoms with E-state index in [1.165, 1.54) is 30.5 Å². The maximum Gasteiger partial charge on any atom is 0.416 e. The van der Waals surface area contributed by atoms with Gasteiger partial charge in [0.1, 0.15) is 12.1 Å². The fourth-order valence-corrected chi connectivity index (χ4v) is 3.69. The van der Waals surface area contributed by atoms with Crippen molar-refractivity contribution in [2.75, 3.05) is 6.54 Å². The third kappa shape index (κ3) is 7.71. The van der Waals surface area contributed by atoms with Crippen LogP contribution >= 0.6 is 0 Å². The summed E-state index contributed by atoms with van der Waals surface area (Å²) in [6, 6.07) is 16.4. The van der Waals surface area contributed by atoms with Crippen LogP contribution in [-0.4, -0.2) is 27.3 Å². The van der Waals surface area contributed by atoms with E-state index in [0.717, 1.165) is 23.4 Å². The minimum Gasteiger partial charge on any atom is -0.447 e. The van der Waals surface area contributed by atoms with E-state index < -0.39 is 17.6 Å². The number of benzene rings is 2. The fourth-order valence-electron chi connectivity index (χ4n) is 3.69. The first-order valence-electron chi connectivity index (χ1n) is 11.5. The van der Waals surface area contributed by atoms with E-state index in [1.807, 2.05) is 23.1 Å². The van der Waals surface area contributed by atoms with E-state index in [0.29, 0.717) is 25.1 Å². The van der Waals surface area contributed by atoms with Crippen molar-refractivity contribution in [1.29, 1.82) is 0 Å². The Kier molecular flexibility index (Phi) is 8.29. The highest BCUT2D eigenvalue weighted by molar-refractivity contribution is 5.91. The highest BCUT2D eigenvalue weighted by atomic mass is 19.4. The lowest BCUT2D eigenvalue weighted by molar-refractivity contribution is -0.137. The monoisotopic (exact) mass is 512 g/mol. The number of aromatic nitrogens is 2. The van der Waals surface area contributed by atoms with Crippen LogP contribution in [0.15, 0.2) is 83.6 Å². The molecule has 4 aromatic rings. The Hall–Kier alpha value is -4.05. The van der Waals surface area contributed by atoms with Crippen molar-refractivity contribution >= 4 is 5.91 Å². The van der Waals surface area contributed by atoms with Gasteiger partial charge in [0.2, 0.25) is 5.89 Å². The van der Waals surface area contributed by atoms with Crippen LogP contribution in [0.5, 0.6) is 0 Å². The van der Waals surface area contributed by atoms with E-state index in [-0.39, 0.29) is 30.5 Å². The SMILES string of the molecule is O=C(NCCc1ccccn1)c1coc(CN(Cc2ccc(F)cc2)Cc2ccc(C(F)(F)F)cc2)n1. The van der Waals surface area contributed by atoms with Gasteiger partial charge >= 0.3 is 6.18 Å². The first-order chi connectivity index (χ1) is 17.8. The molecular formula is C27H24F4N4O2. The van der Waals surface area contributed by atoms with Gasteiger partial charge in [-0.3, -0.25) is 14.7 Å². The predicted octanol–water partition coefficient (Wildman–Crippen LogP) is 5.40. The molecule has 2 aromatic heterocycles. The van der Waals surface area contributed by atoms with Gasteiger partial charge in [-0.05, 0) is 47.5 Å². The first kappa shape index (κ1) is 26.0.